The van der Waals surface area contributed by atoms with E-state index >= 15 is 0 Å². The maximum atomic E-state index is 12.5. The third kappa shape index (κ3) is 4.04. The van der Waals surface area contributed by atoms with Crippen molar-refractivity contribution >= 4 is 17.5 Å². The smallest absolute Gasteiger partial charge is 0.253 e. The molecule has 6 heteroatoms. The monoisotopic (exact) mass is 337 g/mol. The van der Waals surface area contributed by atoms with Crippen LogP contribution in [-0.4, -0.2) is 67.7 Å². The molecule has 1 amide bonds. The molecular formula is C17H24ClN3O2. The molecule has 2 atom stereocenters. The molecule has 0 bridgehead atoms. The van der Waals surface area contributed by atoms with Crippen LogP contribution in [0.1, 0.15) is 18.5 Å². The van der Waals surface area contributed by atoms with Gasteiger partial charge in [-0.25, -0.2) is 0 Å². The zero-order valence-corrected chi connectivity index (χ0v) is 14.3. The first kappa shape index (κ1) is 16.7. The number of morpholine rings is 1. The fourth-order valence-electron chi connectivity index (χ4n) is 3.21. The van der Waals surface area contributed by atoms with E-state index in [0.29, 0.717) is 19.2 Å². The van der Waals surface area contributed by atoms with E-state index in [4.69, 9.17) is 16.3 Å². The van der Waals surface area contributed by atoms with Crippen LogP contribution in [0.2, 0.25) is 5.02 Å². The number of carbonyl (C=O) groups is 1. The summed E-state index contributed by atoms with van der Waals surface area (Å²) in [7, 11) is 0. The molecule has 1 aromatic carbocycles. The van der Waals surface area contributed by atoms with Crippen LogP contribution in [-0.2, 0) is 9.53 Å². The third-order valence-electron chi connectivity index (χ3n) is 4.73. The molecular weight excluding hydrogens is 314 g/mol. The number of nitrogens with zero attached hydrogens (tertiary/aromatic N) is 2. The van der Waals surface area contributed by atoms with Gasteiger partial charge in [0.15, 0.2) is 0 Å². The van der Waals surface area contributed by atoms with Gasteiger partial charge in [0.2, 0.25) is 0 Å². The van der Waals surface area contributed by atoms with Crippen LogP contribution in [0.5, 0.6) is 0 Å². The number of hydrogen-bond acceptors (Lipinski definition) is 4. The van der Waals surface area contributed by atoms with Crippen molar-refractivity contribution in [3.63, 3.8) is 0 Å². The fourth-order valence-corrected chi connectivity index (χ4v) is 3.34. The Hall–Kier alpha value is -1.14. The highest BCUT2D eigenvalue weighted by Gasteiger charge is 2.30. The topological polar surface area (TPSA) is 44.8 Å². The van der Waals surface area contributed by atoms with Crippen LogP contribution < -0.4 is 5.32 Å². The molecule has 0 radical (unpaired) electrons. The van der Waals surface area contributed by atoms with E-state index in [2.05, 4.69) is 29.3 Å². The average molecular weight is 338 g/mol. The Kier molecular flexibility index (Phi) is 5.54. The average Bonchev–Trinajstić information content (AvgIpc) is 2.62. The molecule has 2 saturated heterocycles. The van der Waals surface area contributed by atoms with Crippen molar-refractivity contribution in [1.82, 2.24) is 15.1 Å². The fraction of sp³-hybridized carbons (Fsp3) is 0.588. The zero-order chi connectivity index (χ0) is 16.2. The van der Waals surface area contributed by atoms with Gasteiger partial charge in [0, 0.05) is 50.3 Å². The highest BCUT2D eigenvalue weighted by Crippen LogP contribution is 2.23. The highest BCUT2D eigenvalue weighted by atomic mass is 35.5. The first-order chi connectivity index (χ1) is 11.1. The molecule has 1 aromatic rings. The summed E-state index contributed by atoms with van der Waals surface area (Å²) in [6.07, 6.45) is -0.316. The van der Waals surface area contributed by atoms with Gasteiger partial charge in [-0.1, -0.05) is 23.7 Å². The molecule has 2 fully saturated rings. The summed E-state index contributed by atoms with van der Waals surface area (Å²) in [6.45, 7) is 7.56. The largest absolute Gasteiger partial charge is 0.366 e. The predicted octanol–water partition coefficient (Wildman–Crippen LogP) is 1.53. The first-order valence-corrected chi connectivity index (χ1v) is 8.63. The molecule has 0 aromatic heterocycles. The van der Waals surface area contributed by atoms with Gasteiger partial charge >= 0.3 is 0 Å². The van der Waals surface area contributed by atoms with E-state index in [1.165, 1.54) is 5.56 Å². The molecule has 1 N–H and O–H groups in total. The van der Waals surface area contributed by atoms with E-state index in [9.17, 15) is 4.79 Å². The molecule has 2 aliphatic heterocycles. The Balaban J connectivity index is 1.53. The number of amides is 1. The minimum absolute atomic E-state index is 0.121. The number of ether oxygens (including phenoxy) is 1. The van der Waals surface area contributed by atoms with Gasteiger partial charge in [0.25, 0.3) is 5.91 Å². The van der Waals surface area contributed by atoms with Gasteiger partial charge in [-0.15, -0.1) is 0 Å². The number of halogens is 1. The third-order valence-corrected chi connectivity index (χ3v) is 4.98. The molecule has 0 saturated carbocycles. The molecule has 126 valence electrons. The molecule has 5 nitrogen and oxygen atoms in total. The Morgan fingerprint density at radius 1 is 1.26 bits per heavy atom. The summed E-state index contributed by atoms with van der Waals surface area (Å²) in [6, 6.07) is 8.34. The van der Waals surface area contributed by atoms with E-state index in [0.717, 1.165) is 37.7 Å². The minimum atomic E-state index is -0.316. The van der Waals surface area contributed by atoms with Crippen LogP contribution in [0.25, 0.3) is 0 Å². The lowest BCUT2D eigenvalue weighted by Crippen LogP contribution is -2.55. The van der Waals surface area contributed by atoms with Crippen molar-refractivity contribution < 1.29 is 9.53 Å². The normalized spacial score (nSPS) is 24.4. The lowest BCUT2D eigenvalue weighted by Gasteiger charge is -2.39. The van der Waals surface area contributed by atoms with Gasteiger partial charge in [-0.3, -0.25) is 9.69 Å². The second kappa shape index (κ2) is 7.62. The molecule has 2 aliphatic rings. The van der Waals surface area contributed by atoms with Gasteiger partial charge in [-0.05, 0) is 24.6 Å². The molecule has 0 spiro atoms. The van der Waals surface area contributed by atoms with E-state index in [1.807, 2.05) is 17.0 Å². The van der Waals surface area contributed by atoms with Crippen molar-refractivity contribution in [2.45, 2.75) is 19.1 Å². The molecule has 3 rings (SSSR count). The van der Waals surface area contributed by atoms with Crippen molar-refractivity contribution in [3.05, 3.63) is 34.9 Å². The standard InChI is InChI=1S/C17H24ClN3O2/c1-13(14-2-4-15(18)5-3-14)20-7-9-21(10-8-20)17(22)16-12-19-6-11-23-16/h2-5,13,16,19H,6-12H2,1H3. The Labute approximate surface area is 142 Å². The number of rotatable bonds is 3. The Morgan fingerprint density at radius 3 is 2.57 bits per heavy atom. The summed E-state index contributed by atoms with van der Waals surface area (Å²) >= 11 is 5.96. The number of benzene rings is 1. The molecule has 23 heavy (non-hydrogen) atoms. The molecule has 0 aliphatic carbocycles. The molecule has 2 heterocycles. The summed E-state index contributed by atoms with van der Waals surface area (Å²) in [5, 5.41) is 3.98. The van der Waals surface area contributed by atoms with E-state index in [1.54, 1.807) is 0 Å². The Morgan fingerprint density at radius 2 is 1.96 bits per heavy atom. The first-order valence-electron chi connectivity index (χ1n) is 8.26. The molecule has 2 unspecified atom stereocenters. The number of hydrogen-bond donors (Lipinski definition) is 1. The van der Waals surface area contributed by atoms with Crippen LogP contribution in [0, 0.1) is 0 Å². The Bertz CT molecular complexity index is 523. The van der Waals surface area contributed by atoms with Gasteiger partial charge < -0.3 is 15.0 Å². The van der Waals surface area contributed by atoms with E-state index < -0.39 is 0 Å². The van der Waals surface area contributed by atoms with Gasteiger partial charge in [-0.2, -0.15) is 0 Å². The van der Waals surface area contributed by atoms with Crippen molar-refractivity contribution in [2.75, 3.05) is 45.9 Å². The summed E-state index contributed by atoms with van der Waals surface area (Å²) in [5.41, 5.74) is 1.26. The van der Waals surface area contributed by atoms with Gasteiger partial charge in [0.05, 0.1) is 6.61 Å². The lowest BCUT2D eigenvalue weighted by molar-refractivity contribution is -0.147. The second-order valence-corrected chi connectivity index (χ2v) is 6.59. The van der Waals surface area contributed by atoms with Crippen LogP contribution in [0.4, 0.5) is 0 Å². The van der Waals surface area contributed by atoms with Gasteiger partial charge in [0.1, 0.15) is 6.10 Å². The summed E-state index contributed by atoms with van der Waals surface area (Å²) in [5.74, 6) is 0.121. The van der Waals surface area contributed by atoms with Crippen LogP contribution in [0.3, 0.4) is 0 Å². The maximum absolute atomic E-state index is 12.5. The van der Waals surface area contributed by atoms with E-state index in [-0.39, 0.29) is 12.0 Å². The second-order valence-electron chi connectivity index (χ2n) is 6.15. The van der Waals surface area contributed by atoms with Crippen molar-refractivity contribution in [3.8, 4) is 0 Å². The van der Waals surface area contributed by atoms with Crippen LogP contribution in [0.15, 0.2) is 24.3 Å². The summed E-state index contributed by atoms with van der Waals surface area (Å²) < 4.78 is 5.57. The number of piperazine rings is 1. The van der Waals surface area contributed by atoms with Crippen molar-refractivity contribution in [1.29, 1.82) is 0 Å². The van der Waals surface area contributed by atoms with Crippen molar-refractivity contribution in [2.24, 2.45) is 0 Å². The number of carbonyl (C=O) groups excluding carboxylic acids is 1. The number of nitrogens with one attached hydrogen (secondary N) is 1. The van der Waals surface area contributed by atoms with Crippen LogP contribution >= 0.6 is 11.6 Å². The maximum Gasteiger partial charge on any atom is 0.253 e. The zero-order valence-electron chi connectivity index (χ0n) is 13.5. The lowest BCUT2D eigenvalue weighted by atomic mass is 10.1. The highest BCUT2D eigenvalue weighted by molar-refractivity contribution is 6.30. The quantitative estimate of drug-likeness (QED) is 0.908. The predicted molar refractivity (Wildman–Crippen MR) is 90.6 cm³/mol. The summed E-state index contributed by atoms with van der Waals surface area (Å²) in [4.78, 5) is 16.8. The SMILES string of the molecule is CC(c1ccc(Cl)cc1)N1CCN(C(=O)C2CNCCO2)CC1. The minimum Gasteiger partial charge on any atom is -0.366 e.